The van der Waals surface area contributed by atoms with E-state index in [-0.39, 0.29) is 11.8 Å². The number of hydrogen-bond acceptors (Lipinski definition) is 4. The molecule has 0 saturated carbocycles. The Morgan fingerprint density at radius 3 is 2.82 bits per heavy atom. The smallest absolute Gasteiger partial charge is 0.270 e. The number of nitrogens with one attached hydrogen (secondary N) is 3. The van der Waals surface area contributed by atoms with E-state index in [4.69, 9.17) is 0 Å². The fourth-order valence-corrected chi connectivity index (χ4v) is 3.09. The van der Waals surface area contributed by atoms with Crippen LogP contribution in [0.25, 0.3) is 11.3 Å². The molecular weight excluding hydrogens is 348 g/mol. The molecular formula is C15H17BrN4O2. The SMILES string of the molecule is O=C(NCC1CNCC1O)c1[nH]nc(-c2ccccc2)c1Br. The molecule has 0 radical (unpaired) electrons. The van der Waals surface area contributed by atoms with Gasteiger partial charge in [-0.3, -0.25) is 9.89 Å². The van der Waals surface area contributed by atoms with Crippen molar-refractivity contribution in [2.24, 2.45) is 5.92 Å². The molecule has 1 aliphatic heterocycles. The lowest BCUT2D eigenvalue weighted by Gasteiger charge is -2.13. The Labute approximate surface area is 136 Å². The highest BCUT2D eigenvalue weighted by Gasteiger charge is 2.26. The van der Waals surface area contributed by atoms with Crippen LogP contribution in [0.3, 0.4) is 0 Å². The second-order valence-corrected chi connectivity index (χ2v) is 6.12. The van der Waals surface area contributed by atoms with Gasteiger partial charge in [0.25, 0.3) is 5.91 Å². The zero-order valence-electron chi connectivity index (χ0n) is 11.8. The molecule has 1 aromatic carbocycles. The van der Waals surface area contributed by atoms with Crippen molar-refractivity contribution >= 4 is 21.8 Å². The van der Waals surface area contributed by atoms with E-state index in [1.165, 1.54) is 0 Å². The third kappa shape index (κ3) is 3.06. The van der Waals surface area contributed by atoms with E-state index in [0.29, 0.717) is 35.5 Å². The summed E-state index contributed by atoms with van der Waals surface area (Å²) in [5.41, 5.74) is 2.02. The fourth-order valence-electron chi connectivity index (χ4n) is 2.51. The van der Waals surface area contributed by atoms with Crippen LogP contribution < -0.4 is 10.6 Å². The lowest BCUT2D eigenvalue weighted by Crippen LogP contribution is -2.34. The van der Waals surface area contributed by atoms with Gasteiger partial charge in [-0.25, -0.2) is 0 Å². The molecule has 0 bridgehead atoms. The van der Waals surface area contributed by atoms with E-state index in [1.54, 1.807) is 0 Å². The van der Waals surface area contributed by atoms with Crippen molar-refractivity contribution in [3.05, 3.63) is 40.5 Å². The molecule has 1 aliphatic rings. The standard InChI is InChI=1S/C15H17BrN4O2/c16-12-13(9-4-2-1-3-5-9)19-20-14(12)15(22)18-7-10-6-17-8-11(10)21/h1-5,10-11,17,21H,6-8H2,(H,18,22)(H,19,20). The van der Waals surface area contributed by atoms with E-state index < -0.39 is 6.10 Å². The number of carbonyl (C=O) groups excluding carboxylic acids is 1. The van der Waals surface area contributed by atoms with Crippen molar-refractivity contribution in [2.45, 2.75) is 6.10 Å². The maximum Gasteiger partial charge on any atom is 0.270 e. The summed E-state index contributed by atoms with van der Waals surface area (Å²) in [6.07, 6.45) is -0.412. The third-order valence-electron chi connectivity index (χ3n) is 3.81. The number of hydrogen-bond donors (Lipinski definition) is 4. The van der Waals surface area contributed by atoms with Gasteiger partial charge in [0, 0.05) is 31.1 Å². The molecule has 6 nitrogen and oxygen atoms in total. The molecule has 7 heteroatoms. The molecule has 1 aromatic heterocycles. The molecule has 4 N–H and O–H groups in total. The van der Waals surface area contributed by atoms with Crippen molar-refractivity contribution in [1.82, 2.24) is 20.8 Å². The quantitative estimate of drug-likeness (QED) is 0.655. The molecule has 2 atom stereocenters. The number of benzene rings is 1. The number of aromatic amines is 1. The van der Waals surface area contributed by atoms with E-state index in [9.17, 15) is 9.90 Å². The Kier molecular flexibility index (Phi) is 4.56. The van der Waals surface area contributed by atoms with Gasteiger partial charge in [0.1, 0.15) is 11.4 Å². The normalized spacial score (nSPS) is 21.0. The minimum absolute atomic E-state index is 0.0410. The van der Waals surface area contributed by atoms with Crippen molar-refractivity contribution < 1.29 is 9.90 Å². The van der Waals surface area contributed by atoms with Crippen LogP contribution in [0.15, 0.2) is 34.8 Å². The molecule has 2 unspecified atom stereocenters. The van der Waals surface area contributed by atoms with Crippen LogP contribution in [-0.4, -0.2) is 46.9 Å². The van der Waals surface area contributed by atoms with Gasteiger partial charge in [0.05, 0.1) is 10.6 Å². The second-order valence-electron chi connectivity index (χ2n) is 5.32. The van der Waals surface area contributed by atoms with Gasteiger partial charge < -0.3 is 15.7 Å². The summed E-state index contributed by atoms with van der Waals surface area (Å²) in [4.78, 5) is 12.3. The highest BCUT2D eigenvalue weighted by molar-refractivity contribution is 9.10. The first-order chi connectivity index (χ1) is 10.7. The highest BCUT2D eigenvalue weighted by atomic mass is 79.9. The number of H-pyrrole nitrogens is 1. The predicted molar refractivity (Wildman–Crippen MR) is 86.4 cm³/mol. The van der Waals surface area contributed by atoms with Crippen LogP contribution in [0, 0.1) is 5.92 Å². The molecule has 0 aliphatic carbocycles. The monoisotopic (exact) mass is 364 g/mol. The molecule has 1 saturated heterocycles. The summed E-state index contributed by atoms with van der Waals surface area (Å²) in [6.45, 7) is 1.71. The van der Waals surface area contributed by atoms with Gasteiger partial charge in [-0.1, -0.05) is 30.3 Å². The summed E-state index contributed by atoms with van der Waals surface area (Å²) in [6, 6.07) is 9.64. The average Bonchev–Trinajstić information content (AvgIpc) is 3.12. The first-order valence-corrected chi connectivity index (χ1v) is 7.92. The largest absolute Gasteiger partial charge is 0.391 e. The number of amides is 1. The van der Waals surface area contributed by atoms with Gasteiger partial charge in [-0.2, -0.15) is 5.10 Å². The molecule has 1 fully saturated rings. The Morgan fingerprint density at radius 1 is 1.36 bits per heavy atom. The van der Waals surface area contributed by atoms with E-state index in [0.717, 1.165) is 5.56 Å². The molecule has 2 heterocycles. The van der Waals surface area contributed by atoms with E-state index >= 15 is 0 Å². The highest BCUT2D eigenvalue weighted by Crippen LogP contribution is 2.28. The summed E-state index contributed by atoms with van der Waals surface area (Å²) < 4.78 is 0.640. The maximum absolute atomic E-state index is 12.3. The van der Waals surface area contributed by atoms with Gasteiger partial charge in [0.2, 0.25) is 0 Å². The Bertz CT molecular complexity index is 659. The summed E-state index contributed by atoms with van der Waals surface area (Å²) in [5, 5.41) is 22.6. The summed E-state index contributed by atoms with van der Waals surface area (Å²) >= 11 is 3.44. The average molecular weight is 365 g/mol. The van der Waals surface area contributed by atoms with Crippen molar-refractivity contribution in [3.63, 3.8) is 0 Å². The first-order valence-electron chi connectivity index (χ1n) is 7.13. The number of aromatic nitrogens is 2. The number of aliphatic hydroxyl groups excluding tert-OH is 1. The zero-order chi connectivity index (χ0) is 15.5. The van der Waals surface area contributed by atoms with Gasteiger partial charge >= 0.3 is 0 Å². The predicted octanol–water partition coefficient (Wildman–Crippen LogP) is 1.15. The topological polar surface area (TPSA) is 90.0 Å². The minimum Gasteiger partial charge on any atom is -0.391 e. The van der Waals surface area contributed by atoms with Crippen LogP contribution in [0.5, 0.6) is 0 Å². The molecule has 2 aromatic rings. The number of carbonyl (C=O) groups is 1. The number of rotatable bonds is 4. The van der Waals surface area contributed by atoms with Crippen molar-refractivity contribution in [3.8, 4) is 11.3 Å². The number of β-amino-alcohol motifs (C(OH)–C–C–N with tert-alkyl or cyclic N) is 1. The first kappa shape index (κ1) is 15.2. The molecule has 116 valence electrons. The van der Waals surface area contributed by atoms with Gasteiger partial charge in [-0.15, -0.1) is 0 Å². The zero-order valence-corrected chi connectivity index (χ0v) is 13.4. The van der Waals surface area contributed by atoms with Crippen LogP contribution >= 0.6 is 15.9 Å². The number of halogens is 1. The third-order valence-corrected chi connectivity index (χ3v) is 4.58. The van der Waals surface area contributed by atoms with Crippen LogP contribution in [-0.2, 0) is 0 Å². The Morgan fingerprint density at radius 2 is 2.14 bits per heavy atom. The van der Waals surface area contributed by atoms with Crippen LogP contribution in [0.4, 0.5) is 0 Å². The number of nitrogens with zero attached hydrogens (tertiary/aromatic N) is 1. The van der Waals surface area contributed by atoms with E-state index in [2.05, 4.69) is 36.8 Å². The van der Waals surface area contributed by atoms with E-state index in [1.807, 2.05) is 30.3 Å². The van der Waals surface area contributed by atoms with Crippen molar-refractivity contribution in [1.29, 1.82) is 0 Å². The fraction of sp³-hybridized carbons (Fsp3) is 0.333. The second kappa shape index (κ2) is 6.60. The summed E-state index contributed by atoms with van der Waals surface area (Å²) in [7, 11) is 0. The minimum atomic E-state index is -0.412. The van der Waals surface area contributed by atoms with Crippen LogP contribution in [0.2, 0.25) is 0 Å². The molecule has 0 spiro atoms. The number of aliphatic hydroxyl groups is 1. The van der Waals surface area contributed by atoms with Crippen LogP contribution in [0.1, 0.15) is 10.5 Å². The van der Waals surface area contributed by atoms with Gasteiger partial charge in [-0.05, 0) is 15.9 Å². The Balaban J connectivity index is 1.70. The molecule has 3 rings (SSSR count). The molecule has 1 amide bonds. The maximum atomic E-state index is 12.3. The lowest BCUT2D eigenvalue weighted by molar-refractivity contribution is 0.0921. The molecule has 22 heavy (non-hydrogen) atoms. The van der Waals surface area contributed by atoms with Crippen molar-refractivity contribution in [2.75, 3.05) is 19.6 Å². The summed E-state index contributed by atoms with van der Waals surface area (Å²) in [5.74, 6) is -0.195. The Hall–Kier alpha value is -1.70. The lowest BCUT2D eigenvalue weighted by atomic mass is 10.1. The van der Waals surface area contributed by atoms with Gasteiger partial charge in [0.15, 0.2) is 0 Å².